The van der Waals surface area contributed by atoms with E-state index in [1.54, 1.807) is 0 Å². The summed E-state index contributed by atoms with van der Waals surface area (Å²) in [6.45, 7) is 11.7. The monoisotopic (exact) mass is 353 g/mol. The molecule has 1 fully saturated rings. The maximum atomic E-state index is 12.9. The molecular weight excluding hydrogens is 322 g/mol. The summed E-state index contributed by atoms with van der Waals surface area (Å²) in [5.41, 5.74) is 4.78. The Kier molecular flexibility index (Phi) is 4.24. The van der Waals surface area contributed by atoms with E-state index in [1.807, 2.05) is 6.07 Å². The molecule has 0 bridgehead atoms. The van der Waals surface area contributed by atoms with Crippen molar-refractivity contribution in [3.8, 4) is 0 Å². The summed E-state index contributed by atoms with van der Waals surface area (Å²) in [5.74, 6) is 0.209. The predicted octanol–water partition coefficient (Wildman–Crippen LogP) is 3.33. The summed E-state index contributed by atoms with van der Waals surface area (Å²) >= 11 is 0. The summed E-state index contributed by atoms with van der Waals surface area (Å²) in [6.07, 6.45) is 5.61. The Morgan fingerprint density at radius 2 is 2.00 bits per heavy atom. The number of fused-ring (bicyclic) bond motifs is 1. The number of carbonyl (C=O) groups is 1. The lowest BCUT2D eigenvalue weighted by Crippen LogP contribution is -2.53. The lowest BCUT2D eigenvalue weighted by Gasteiger charge is -2.41. The van der Waals surface area contributed by atoms with Gasteiger partial charge in [0, 0.05) is 35.8 Å². The zero-order chi connectivity index (χ0) is 18.5. The van der Waals surface area contributed by atoms with Gasteiger partial charge in [-0.25, -0.2) is 0 Å². The molecule has 26 heavy (non-hydrogen) atoms. The number of benzene rings is 1. The molecule has 1 atom stereocenters. The summed E-state index contributed by atoms with van der Waals surface area (Å²) < 4.78 is 0. The van der Waals surface area contributed by atoms with E-state index in [0.717, 1.165) is 44.5 Å². The van der Waals surface area contributed by atoms with Gasteiger partial charge in [0.05, 0.1) is 0 Å². The standard InChI is InChI=1S/C22H31N3O/c1-21(2)11-17(12-22(3,4)24-21)15-7-8-19-16(10-15)14-25(20(19)26)18-6-5-9-23-13-18/h7-8,10-11,18,23-24H,5-6,9,12-14H2,1-4H3. The van der Waals surface area contributed by atoms with E-state index in [4.69, 9.17) is 0 Å². The summed E-state index contributed by atoms with van der Waals surface area (Å²) in [6, 6.07) is 6.78. The SMILES string of the molecule is CC1(C)C=C(c2ccc3c(c2)CN(C2CCCNC2)C3=O)CC(C)(C)N1. The van der Waals surface area contributed by atoms with Gasteiger partial charge in [0.15, 0.2) is 0 Å². The molecule has 1 aromatic rings. The second kappa shape index (κ2) is 6.21. The highest BCUT2D eigenvalue weighted by molar-refractivity contribution is 5.99. The summed E-state index contributed by atoms with van der Waals surface area (Å²) in [5, 5.41) is 7.13. The number of amides is 1. The highest BCUT2D eigenvalue weighted by atomic mass is 16.2. The van der Waals surface area contributed by atoms with E-state index >= 15 is 0 Å². The maximum Gasteiger partial charge on any atom is 0.254 e. The molecule has 1 unspecified atom stereocenters. The van der Waals surface area contributed by atoms with Crippen molar-refractivity contribution in [3.63, 3.8) is 0 Å². The maximum absolute atomic E-state index is 12.9. The third-order valence-electron chi connectivity index (χ3n) is 5.85. The van der Waals surface area contributed by atoms with E-state index in [2.05, 4.69) is 61.4 Å². The van der Waals surface area contributed by atoms with Crippen molar-refractivity contribution < 1.29 is 4.79 Å². The van der Waals surface area contributed by atoms with E-state index in [9.17, 15) is 4.79 Å². The second-order valence-corrected chi connectivity index (χ2v) is 9.38. The Morgan fingerprint density at radius 3 is 2.69 bits per heavy atom. The van der Waals surface area contributed by atoms with Gasteiger partial charge in [-0.2, -0.15) is 0 Å². The lowest BCUT2D eigenvalue weighted by atomic mass is 9.80. The lowest BCUT2D eigenvalue weighted by molar-refractivity contribution is 0.0674. The van der Waals surface area contributed by atoms with Crippen LogP contribution < -0.4 is 10.6 Å². The van der Waals surface area contributed by atoms with E-state index < -0.39 is 0 Å². The first-order valence-electron chi connectivity index (χ1n) is 9.90. The highest BCUT2D eigenvalue weighted by Gasteiger charge is 2.35. The van der Waals surface area contributed by atoms with Crippen molar-refractivity contribution in [1.82, 2.24) is 15.5 Å². The highest BCUT2D eigenvalue weighted by Crippen LogP contribution is 2.36. The number of hydrogen-bond donors (Lipinski definition) is 2. The van der Waals surface area contributed by atoms with Crippen LogP contribution in [-0.4, -0.2) is 41.0 Å². The average Bonchev–Trinajstić information content (AvgIpc) is 2.89. The fourth-order valence-corrected chi connectivity index (χ4v) is 5.04. The Labute approximate surface area is 157 Å². The van der Waals surface area contributed by atoms with Crippen LogP contribution in [0.25, 0.3) is 5.57 Å². The third-order valence-corrected chi connectivity index (χ3v) is 5.85. The topological polar surface area (TPSA) is 44.4 Å². The van der Waals surface area contributed by atoms with Gasteiger partial charge in [-0.1, -0.05) is 12.1 Å². The molecular formula is C22H31N3O. The number of hydrogen-bond acceptors (Lipinski definition) is 3. The molecule has 0 radical (unpaired) electrons. The fraction of sp³-hybridized carbons (Fsp3) is 0.591. The molecule has 0 spiro atoms. The van der Waals surface area contributed by atoms with Crippen LogP contribution >= 0.6 is 0 Å². The number of piperidine rings is 1. The van der Waals surface area contributed by atoms with Crippen molar-refractivity contribution in [1.29, 1.82) is 0 Å². The van der Waals surface area contributed by atoms with Crippen LogP contribution in [0.15, 0.2) is 24.3 Å². The van der Waals surface area contributed by atoms with Gasteiger partial charge in [0.1, 0.15) is 0 Å². The molecule has 0 aliphatic carbocycles. The van der Waals surface area contributed by atoms with Crippen molar-refractivity contribution in [2.45, 2.75) is 70.6 Å². The number of carbonyl (C=O) groups excluding carboxylic acids is 1. The minimum Gasteiger partial charge on any atom is -0.330 e. The molecule has 3 aliphatic rings. The Hall–Kier alpha value is -1.65. The Morgan fingerprint density at radius 1 is 1.19 bits per heavy atom. The van der Waals surface area contributed by atoms with E-state index in [1.165, 1.54) is 16.7 Å². The molecule has 0 aromatic heterocycles. The molecule has 3 heterocycles. The van der Waals surface area contributed by atoms with Crippen molar-refractivity contribution in [3.05, 3.63) is 41.0 Å². The molecule has 4 nitrogen and oxygen atoms in total. The molecule has 1 amide bonds. The van der Waals surface area contributed by atoms with Crippen LogP contribution in [0.5, 0.6) is 0 Å². The molecule has 1 saturated heterocycles. The molecule has 1 aromatic carbocycles. The van der Waals surface area contributed by atoms with E-state index in [0.29, 0.717) is 6.04 Å². The van der Waals surface area contributed by atoms with E-state index in [-0.39, 0.29) is 17.0 Å². The first-order chi connectivity index (χ1) is 12.2. The van der Waals surface area contributed by atoms with Crippen LogP contribution in [0.1, 0.15) is 68.4 Å². The number of nitrogens with zero attached hydrogens (tertiary/aromatic N) is 1. The normalized spacial score (nSPS) is 27.2. The second-order valence-electron chi connectivity index (χ2n) is 9.38. The zero-order valence-corrected chi connectivity index (χ0v) is 16.5. The minimum atomic E-state index is -0.0221. The van der Waals surface area contributed by atoms with Crippen LogP contribution in [0.2, 0.25) is 0 Å². The van der Waals surface area contributed by atoms with Crippen molar-refractivity contribution >= 4 is 11.5 Å². The molecule has 4 rings (SSSR count). The van der Waals surface area contributed by atoms with Gasteiger partial charge < -0.3 is 15.5 Å². The van der Waals surface area contributed by atoms with Crippen LogP contribution in [0.4, 0.5) is 0 Å². The summed E-state index contributed by atoms with van der Waals surface area (Å²) in [7, 11) is 0. The van der Waals surface area contributed by atoms with Crippen molar-refractivity contribution in [2.75, 3.05) is 13.1 Å². The Bertz CT molecular complexity index is 757. The quantitative estimate of drug-likeness (QED) is 0.857. The predicted molar refractivity (Wildman–Crippen MR) is 106 cm³/mol. The summed E-state index contributed by atoms with van der Waals surface area (Å²) in [4.78, 5) is 14.9. The molecule has 140 valence electrons. The smallest absolute Gasteiger partial charge is 0.254 e. The van der Waals surface area contributed by atoms with Crippen molar-refractivity contribution in [2.24, 2.45) is 0 Å². The van der Waals surface area contributed by atoms with Crippen LogP contribution in [0, 0.1) is 0 Å². The molecule has 3 aliphatic heterocycles. The third kappa shape index (κ3) is 3.33. The van der Waals surface area contributed by atoms with Crippen LogP contribution in [0.3, 0.4) is 0 Å². The Balaban J connectivity index is 1.62. The van der Waals surface area contributed by atoms with Gasteiger partial charge in [-0.15, -0.1) is 0 Å². The largest absolute Gasteiger partial charge is 0.330 e. The molecule has 4 heteroatoms. The van der Waals surface area contributed by atoms with Gasteiger partial charge in [-0.05, 0) is 82.3 Å². The van der Waals surface area contributed by atoms with Gasteiger partial charge >= 0.3 is 0 Å². The molecule has 0 saturated carbocycles. The average molecular weight is 354 g/mol. The first-order valence-corrected chi connectivity index (χ1v) is 9.90. The zero-order valence-electron chi connectivity index (χ0n) is 16.5. The van der Waals surface area contributed by atoms with Crippen LogP contribution in [-0.2, 0) is 6.54 Å². The minimum absolute atomic E-state index is 0.0221. The fourth-order valence-electron chi connectivity index (χ4n) is 5.04. The first kappa shape index (κ1) is 17.7. The molecule has 2 N–H and O–H groups in total. The van der Waals surface area contributed by atoms with Gasteiger partial charge in [-0.3, -0.25) is 4.79 Å². The number of rotatable bonds is 2. The number of nitrogens with one attached hydrogen (secondary N) is 2. The van der Waals surface area contributed by atoms with Gasteiger partial charge in [0.25, 0.3) is 5.91 Å². The van der Waals surface area contributed by atoms with Gasteiger partial charge in [0.2, 0.25) is 0 Å².